The SMILES string of the molecule is Cc1nn(C)cc1S(=O)(=O)NC(=O)c1ccc(-n2ccc(OCC(C)(C)C)n2)nc1N1C[C@@H](C)C[Si]1(C)C. The molecule has 3 aromatic rings. The van der Waals surface area contributed by atoms with Gasteiger partial charge in [-0.15, -0.1) is 5.10 Å². The number of ether oxygens (including phenoxy) is 1. The highest BCUT2D eigenvalue weighted by Crippen LogP contribution is 2.36. The summed E-state index contributed by atoms with van der Waals surface area (Å²) in [5, 5.41) is 8.60. The Bertz CT molecular complexity index is 1460. The molecule has 0 spiro atoms. The second-order valence-electron chi connectivity index (χ2n) is 11.9. The normalized spacial score (nSPS) is 17.6. The summed E-state index contributed by atoms with van der Waals surface area (Å²) in [7, 11) is -4.45. The zero-order valence-electron chi connectivity index (χ0n) is 23.3. The Hall–Kier alpha value is -3.19. The van der Waals surface area contributed by atoms with Crippen molar-refractivity contribution in [1.82, 2.24) is 29.3 Å². The monoisotopic (exact) mass is 559 g/mol. The molecule has 4 heterocycles. The molecule has 1 aliphatic heterocycles. The van der Waals surface area contributed by atoms with E-state index in [9.17, 15) is 13.2 Å². The molecule has 1 saturated heterocycles. The van der Waals surface area contributed by atoms with Crippen LogP contribution in [0.4, 0.5) is 5.82 Å². The van der Waals surface area contributed by atoms with Gasteiger partial charge in [0, 0.05) is 32.1 Å². The first kappa shape index (κ1) is 27.8. The maximum Gasteiger partial charge on any atom is 0.268 e. The zero-order valence-corrected chi connectivity index (χ0v) is 25.1. The Morgan fingerprint density at radius 1 is 1.21 bits per heavy atom. The third-order valence-electron chi connectivity index (χ3n) is 6.37. The Balaban J connectivity index is 1.71. The van der Waals surface area contributed by atoms with Crippen LogP contribution >= 0.6 is 0 Å². The first-order valence-corrected chi connectivity index (χ1v) is 17.2. The van der Waals surface area contributed by atoms with Crippen LogP contribution in [0.15, 0.2) is 35.5 Å². The van der Waals surface area contributed by atoms with Gasteiger partial charge < -0.3 is 9.30 Å². The minimum atomic E-state index is -4.13. The van der Waals surface area contributed by atoms with Gasteiger partial charge in [0.1, 0.15) is 10.7 Å². The fraction of sp³-hybridized carbons (Fsp3) is 0.520. The average molecular weight is 560 g/mol. The number of nitrogens with zero attached hydrogens (tertiary/aromatic N) is 6. The summed E-state index contributed by atoms with van der Waals surface area (Å²) in [5.41, 5.74) is 0.498. The highest BCUT2D eigenvalue weighted by molar-refractivity contribution is 7.90. The van der Waals surface area contributed by atoms with Gasteiger partial charge in [0.15, 0.2) is 14.1 Å². The fourth-order valence-corrected chi connectivity index (χ4v) is 9.57. The predicted molar refractivity (Wildman–Crippen MR) is 148 cm³/mol. The predicted octanol–water partition coefficient (Wildman–Crippen LogP) is 3.51. The van der Waals surface area contributed by atoms with Gasteiger partial charge in [-0.2, -0.15) is 5.10 Å². The molecule has 1 aliphatic rings. The van der Waals surface area contributed by atoms with Gasteiger partial charge >= 0.3 is 0 Å². The molecule has 38 heavy (non-hydrogen) atoms. The molecular weight excluding hydrogens is 522 g/mol. The molecule has 0 saturated carbocycles. The quantitative estimate of drug-likeness (QED) is 0.436. The first-order valence-electron chi connectivity index (χ1n) is 12.6. The molecular formula is C25H37N7O4SSi. The average Bonchev–Trinajstić information content (AvgIpc) is 3.47. The zero-order chi connectivity index (χ0) is 28.0. The van der Waals surface area contributed by atoms with Crippen LogP contribution in [0.1, 0.15) is 43.7 Å². The highest BCUT2D eigenvalue weighted by Gasteiger charge is 2.41. The van der Waals surface area contributed by atoms with Crippen LogP contribution in [0, 0.1) is 18.3 Å². The molecule has 13 heteroatoms. The lowest BCUT2D eigenvalue weighted by Gasteiger charge is -2.32. The highest BCUT2D eigenvalue weighted by atomic mass is 32.2. The molecule has 1 atom stereocenters. The van der Waals surface area contributed by atoms with Crippen LogP contribution in [0.5, 0.6) is 5.88 Å². The van der Waals surface area contributed by atoms with Crippen LogP contribution in [0.3, 0.4) is 0 Å². The molecule has 0 unspecified atom stereocenters. The molecule has 0 radical (unpaired) electrons. The van der Waals surface area contributed by atoms with Gasteiger partial charge in [-0.3, -0.25) is 9.48 Å². The molecule has 0 aromatic carbocycles. The lowest BCUT2D eigenvalue weighted by molar-refractivity contribution is 0.0981. The number of carbonyl (C=O) groups is 1. The van der Waals surface area contributed by atoms with E-state index >= 15 is 0 Å². The topological polar surface area (TPSA) is 124 Å². The van der Waals surface area contributed by atoms with Gasteiger partial charge in [-0.25, -0.2) is 22.8 Å². The Labute approximate surface area is 225 Å². The number of amides is 1. The molecule has 4 rings (SSSR count). The van der Waals surface area contributed by atoms with Crippen molar-refractivity contribution in [3.05, 3.63) is 41.9 Å². The number of carbonyl (C=O) groups excluding carboxylic acids is 1. The van der Waals surface area contributed by atoms with Crippen LogP contribution in [-0.4, -0.2) is 60.3 Å². The molecule has 3 aromatic heterocycles. The van der Waals surface area contributed by atoms with Crippen molar-refractivity contribution in [2.75, 3.05) is 17.7 Å². The number of aromatic nitrogens is 5. The van der Waals surface area contributed by atoms with E-state index < -0.39 is 24.2 Å². The fourth-order valence-electron chi connectivity index (χ4n) is 4.78. The summed E-state index contributed by atoms with van der Waals surface area (Å²) >= 11 is 0. The van der Waals surface area contributed by atoms with Crippen molar-refractivity contribution in [2.24, 2.45) is 18.4 Å². The van der Waals surface area contributed by atoms with Crippen molar-refractivity contribution in [2.45, 2.75) is 58.7 Å². The third kappa shape index (κ3) is 5.93. The van der Waals surface area contributed by atoms with Crippen molar-refractivity contribution < 1.29 is 17.9 Å². The van der Waals surface area contributed by atoms with Gasteiger partial charge in [0.05, 0.1) is 17.9 Å². The van der Waals surface area contributed by atoms with Crippen molar-refractivity contribution >= 4 is 30.0 Å². The van der Waals surface area contributed by atoms with E-state index in [4.69, 9.17) is 9.72 Å². The summed E-state index contributed by atoms with van der Waals surface area (Å²) in [4.78, 5) is 18.3. The van der Waals surface area contributed by atoms with Crippen molar-refractivity contribution in [1.29, 1.82) is 0 Å². The summed E-state index contributed by atoms with van der Waals surface area (Å²) in [5.74, 6) is 1.15. The van der Waals surface area contributed by atoms with E-state index in [1.165, 1.54) is 10.9 Å². The number of hydrogen-bond donors (Lipinski definition) is 1. The maximum atomic E-state index is 13.4. The minimum absolute atomic E-state index is 0.0123. The van der Waals surface area contributed by atoms with Crippen LogP contribution in [0.25, 0.3) is 5.82 Å². The van der Waals surface area contributed by atoms with E-state index in [-0.39, 0.29) is 15.9 Å². The smallest absolute Gasteiger partial charge is 0.268 e. The standard InChI is InChI=1S/C25H37N7O4SSi/c1-17-13-32(38(7,8)15-17)23-19(24(33)29-37(34,35)20-14-30(6)27-18(20)2)9-10-21(26-23)31-12-11-22(28-31)36-16-25(3,4)5/h9-12,14,17H,13,15-16H2,1-8H3,(H,29,33)/t17-/m1/s1. The largest absolute Gasteiger partial charge is 0.476 e. The van der Waals surface area contributed by atoms with E-state index in [2.05, 4.69) is 60.3 Å². The Morgan fingerprint density at radius 3 is 2.50 bits per heavy atom. The first-order chi connectivity index (χ1) is 17.6. The number of sulfonamides is 1. The van der Waals surface area contributed by atoms with Gasteiger partial charge in [-0.05, 0) is 36.4 Å². The van der Waals surface area contributed by atoms with Gasteiger partial charge in [0.2, 0.25) is 5.88 Å². The van der Waals surface area contributed by atoms with Crippen LogP contribution in [-0.2, 0) is 17.1 Å². The lowest BCUT2D eigenvalue weighted by Crippen LogP contribution is -2.45. The van der Waals surface area contributed by atoms with Gasteiger partial charge in [0.25, 0.3) is 15.9 Å². The Kier molecular flexibility index (Phi) is 7.21. The second kappa shape index (κ2) is 9.84. The van der Waals surface area contributed by atoms with Gasteiger partial charge in [-0.1, -0.05) is 40.8 Å². The molecule has 1 N–H and O–H groups in total. The summed E-state index contributed by atoms with van der Waals surface area (Å²) in [6.45, 7) is 15.7. The number of rotatable bonds is 7. The number of pyridine rings is 1. The number of aryl methyl sites for hydroxylation is 2. The molecule has 1 fully saturated rings. The van der Waals surface area contributed by atoms with Crippen molar-refractivity contribution in [3.63, 3.8) is 0 Å². The van der Waals surface area contributed by atoms with Crippen LogP contribution in [0.2, 0.25) is 19.1 Å². The molecule has 11 nitrogen and oxygen atoms in total. The van der Waals surface area contributed by atoms with E-state index in [0.717, 1.165) is 12.6 Å². The number of hydrogen-bond acceptors (Lipinski definition) is 8. The number of anilines is 1. The van der Waals surface area contributed by atoms with E-state index in [0.29, 0.717) is 35.7 Å². The second-order valence-corrected chi connectivity index (χ2v) is 18.1. The summed E-state index contributed by atoms with van der Waals surface area (Å²) in [6.07, 6.45) is 3.14. The minimum Gasteiger partial charge on any atom is -0.476 e. The van der Waals surface area contributed by atoms with Crippen molar-refractivity contribution in [3.8, 4) is 11.7 Å². The molecule has 0 aliphatic carbocycles. The number of nitrogens with one attached hydrogen (secondary N) is 1. The lowest BCUT2D eigenvalue weighted by atomic mass is 9.99. The summed E-state index contributed by atoms with van der Waals surface area (Å²) < 4.78 is 39.4. The summed E-state index contributed by atoms with van der Waals surface area (Å²) in [6, 6.07) is 6.09. The van der Waals surface area contributed by atoms with Crippen LogP contribution < -0.4 is 14.0 Å². The molecule has 0 bridgehead atoms. The maximum absolute atomic E-state index is 13.4. The van der Waals surface area contributed by atoms with E-state index in [1.807, 2.05) is 0 Å². The molecule has 206 valence electrons. The molecule has 1 amide bonds. The third-order valence-corrected chi connectivity index (χ3v) is 11.4. The van der Waals surface area contributed by atoms with E-state index in [1.54, 1.807) is 43.0 Å². The Morgan fingerprint density at radius 2 is 1.92 bits per heavy atom.